The molecule has 0 heterocycles. The van der Waals surface area contributed by atoms with Crippen LogP contribution in [-0.4, -0.2) is 18.7 Å². The van der Waals surface area contributed by atoms with Gasteiger partial charge in [-0.25, -0.2) is 0 Å². The molecular weight excluding hydrogens is 355 g/mol. The fourth-order valence-electron chi connectivity index (χ4n) is 3.64. The Kier molecular flexibility index (Phi) is 5.73. The molecule has 0 atom stereocenters. The fourth-order valence-corrected chi connectivity index (χ4v) is 3.64. The minimum Gasteiger partial charge on any atom is -0.484 e. The number of nitrogens with one attached hydrogen (secondary N) is 1. The lowest BCUT2D eigenvalue weighted by Crippen LogP contribution is -2.42. The Bertz CT molecular complexity index is 768. The summed E-state index contributed by atoms with van der Waals surface area (Å²) in [4.78, 5) is 13.0. The molecule has 1 aliphatic rings. The molecule has 3 nitrogen and oxygen atoms in total. The molecule has 1 aliphatic carbocycles. The van der Waals surface area contributed by atoms with Crippen LogP contribution in [0, 0.1) is 0 Å². The second kappa shape index (κ2) is 8.03. The molecule has 0 saturated heterocycles. The van der Waals surface area contributed by atoms with Crippen molar-refractivity contribution in [2.75, 3.05) is 6.61 Å². The van der Waals surface area contributed by atoms with Gasteiger partial charge in [0.2, 0.25) is 5.91 Å². The summed E-state index contributed by atoms with van der Waals surface area (Å²) in [6.07, 6.45) is -0.768. The summed E-state index contributed by atoms with van der Waals surface area (Å²) < 4.78 is 41.6. The SMILES string of the molecule is O=C(NCc1cccc(OCC(F)(F)F)c1)C1(c2ccccc2)CCCC1. The average molecular weight is 377 g/mol. The van der Waals surface area contributed by atoms with Crippen molar-refractivity contribution in [1.82, 2.24) is 5.32 Å². The topological polar surface area (TPSA) is 38.3 Å². The number of benzene rings is 2. The number of amides is 1. The zero-order chi connectivity index (χ0) is 19.3. The van der Waals surface area contributed by atoms with Crippen molar-refractivity contribution in [3.63, 3.8) is 0 Å². The van der Waals surface area contributed by atoms with E-state index in [1.165, 1.54) is 12.1 Å². The Balaban J connectivity index is 1.66. The van der Waals surface area contributed by atoms with Crippen LogP contribution < -0.4 is 10.1 Å². The van der Waals surface area contributed by atoms with E-state index < -0.39 is 18.2 Å². The van der Waals surface area contributed by atoms with Gasteiger partial charge < -0.3 is 10.1 Å². The van der Waals surface area contributed by atoms with Crippen LogP contribution in [0.4, 0.5) is 13.2 Å². The Morgan fingerprint density at radius 3 is 2.41 bits per heavy atom. The van der Waals surface area contributed by atoms with Crippen LogP contribution in [0.2, 0.25) is 0 Å². The number of hydrogen-bond acceptors (Lipinski definition) is 2. The molecule has 1 saturated carbocycles. The first-order valence-corrected chi connectivity index (χ1v) is 9.01. The normalized spacial score (nSPS) is 16.1. The predicted octanol–water partition coefficient (Wildman–Crippen LogP) is 4.76. The number of hydrogen-bond donors (Lipinski definition) is 1. The second-order valence-corrected chi connectivity index (χ2v) is 6.89. The van der Waals surface area contributed by atoms with Gasteiger partial charge in [0.25, 0.3) is 0 Å². The van der Waals surface area contributed by atoms with Gasteiger partial charge in [-0.1, -0.05) is 55.3 Å². The van der Waals surface area contributed by atoms with Crippen LogP contribution in [0.5, 0.6) is 5.75 Å². The lowest BCUT2D eigenvalue weighted by Gasteiger charge is -2.28. The van der Waals surface area contributed by atoms with E-state index in [0.717, 1.165) is 31.2 Å². The molecular formula is C21H22F3NO2. The van der Waals surface area contributed by atoms with Crippen LogP contribution >= 0.6 is 0 Å². The Hall–Kier alpha value is -2.50. The molecule has 6 heteroatoms. The molecule has 1 amide bonds. The third-order valence-electron chi connectivity index (χ3n) is 4.97. The number of halogens is 3. The molecule has 0 aliphatic heterocycles. The highest BCUT2D eigenvalue weighted by atomic mass is 19.4. The van der Waals surface area contributed by atoms with Gasteiger partial charge in [-0.05, 0) is 36.1 Å². The first kappa shape index (κ1) is 19.3. The Morgan fingerprint density at radius 2 is 1.74 bits per heavy atom. The smallest absolute Gasteiger partial charge is 0.422 e. The van der Waals surface area contributed by atoms with Gasteiger partial charge in [0.05, 0.1) is 5.41 Å². The zero-order valence-corrected chi connectivity index (χ0v) is 14.9. The van der Waals surface area contributed by atoms with Gasteiger partial charge in [-0.2, -0.15) is 13.2 Å². The second-order valence-electron chi connectivity index (χ2n) is 6.89. The van der Waals surface area contributed by atoms with Gasteiger partial charge in [-0.15, -0.1) is 0 Å². The molecule has 0 spiro atoms. The van der Waals surface area contributed by atoms with Gasteiger partial charge in [0, 0.05) is 6.54 Å². The van der Waals surface area contributed by atoms with Crippen LogP contribution in [0.25, 0.3) is 0 Å². The number of carbonyl (C=O) groups excluding carboxylic acids is 1. The largest absolute Gasteiger partial charge is 0.484 e. The number of ether oxygens (including phenoxy) is 1. The average Bonchev–Trinajstić information content (AvgIpc) is 3.16. The van der Waals surface area contributed by atoms with Crippen molar-refractivity contribution < 1.29 is 22.7 Å². The van der Waals surface area contributed by atoms with Crippen molar-refractivity contribution in [3.05, 3.63) is 65.7 Å². The van der Waals surface area contributed by atoms with E-state index in [1.807, 2.05) is 30.3 Å². The lowest BCUT2D eigenvalue weighted by molar-refractivity contribution is -0.153. The molecule has 2 aromatic carbocycles. The van der Waals surface area contributed by atoms with E-state index in [0.29, 0.717) is 5.56 Å². The monoisotopic (exact) mass is 377 g/mol. The van der Waals surface area contributed by atoms with Gasteiger partial charge in [0.15, 0.2) is 6.61 Å². The summed E-state index contributed by atoms with van der Waals surface area (Å²) in [6, 6.07) is 16.1. The van der Waals surface area contributed by atoms with Crippen LogP contribution in [0.15, 0.2) is 54.6 Å². The molecule has 0 aromatic heterocycles. The maximum atomic E-state index is 13.0. The standard InChI is InChI=1S/C21H22F3NO2/c22-21(23,24)15-27-18-10-6-7-16(13-18)14-25-19(26)20(11-4-5-12-20)17-8-2-1-3-9-17/h1-3,6-10,13H,4-5,11-12,14-15H2,(H,25,26). The maximum Gasteiger partial charge on any atom is 0.422 e. The molecule has 0 bridgehead atoms. The lowest BCUT2D eigenvalue weighted by atomic mass is 9.78. The summed E-state index contributed by atoms with van der Waals surface area (Å²) >= 11 is 0. The Morgan fingerprint density at radius 1 is 1.04 bits per heavy atom. The van der Waals surface area contributed by atoms with Crippen molar-refractivity contribution in [1.29, 1.82) is 0 Å². The minimum atomic E-state index is -4.38. The molecule has 1 fully saturated rings. The van der Waals surface area contributed by atoms with Crippen LogP contribution in [-0.2, 0) is 16.8 Å². The predicted molar refractivity (Wildman–Crippen MR) is 96.4 cm³/mol. The van der Waals surface area contributed by atoms with Crippen LogP contribution in [0.1, 0.15) is 36.8 Å². The molecule has 27 heavy (non-hydrogen) atoms. The summed E-state index contributed by atoms with van der Waals surface area (Å²) in [7, 11) is 0. The van der Waals surface area contributed by atoms with Crippen molar-refractivity contribution in [2.24, 2.45) is 0 Å². The van der Waals surface area contributed by atoms with Crippen molar-refractivity contribution in [2.45, 2.75) is 43.8 Å². The summed E-state index contributed by atoms with van der Waals surface area (Å²) in [5, 5.41) is 2.96. The highest BCUT2D eigenvalue weighted by Crippen LogP contribution is 2.41. The fraction of sp³-hybridized carbons (Fsp3) is 0.381. The van der Waals surface area contributed by atoms with E-state index >= 15 is 0 Å². The highest BCUT2D eigenvalue weighted by Gasteiger charge is 2.42. The zero-order valence-electron chi connectivity index (χ0n) is 14.9. The molecule has 1 N–H and O–H groups in total. The van der Waals surface area contributed by atoms with E-state index in [9.17, 15) is 18.0 Å². The van der Waals surface area contributed by atoms with Gasteiger partial charge >= 0.3 is 6.18 Å². The summed E-state index contributed by atoms with van der Waals surface area (Å²) in [5.74, 6) is 0.102. The van der Waals surface area contributed by atoms with Gasteiger partial charge in [-0.3, -0.25) is 4.79 Å². The molecule has 0 radical (unpaired) electrons. The van der Waals surface area contributed by atoms with Gasteiger partial charge in [0.1, 0.15) is 5.75 Å². The molecule has 3 rings (SSSR count). The third-order valence-corrected chi connectivity index (χ3v) is 4.97. The quantitative estimate of drug-likeness (QED) is 0.789. The molecule has 0 unspecified atom stereocenters. The third kappa shape index (κ3) is 4.81. The van der Waals surface area contributed by atoms with Crippen LogP contribution in [0.3, 0.4) is 0 Å². The molecule has 2 aromatic rings. The first-order valence-electron chi connectivity index (χ1n) is 9.01. The van der Waals surface area contributed by atoms with Crippen molar-refractivity contribution >= 4 is 5.91 Å². The van der Waals surface area contributed by atoms with E-state index in [4.69, 9.17) is 4.74 Å². The molecule has 144 valence electrons. The number of carbonyl (C=O) groups is 1. The number of alkyl halides is 3. The van der Waals surface area contributed by atoms with E-state index in [2.05, 4.69) is 5.32 Å². The van der Waals surface area contributed by atoms with Crippen molar-refractivity contribution in [3.8, 4) is 5.75 Å². The maximum absolute atomic E-state index is 13.0. The van der Waals surface area contributed by atoms with E-state index in [1.54, 1.807) is 12.1 Å². The summed E-state index contributed by atoms with van der Waals surface area (Å²) in [6.45, 7) is -1.09. The highest BCUT2D eigenvalue weighted by molar-refractivity contribution is 5.88. The Labute approximate surface area is 156 Å². The summed E-state index contributed by atoms with van der Waals surface area (Å²) in [5.41, 5.74) is 1.19. The number of rotatable bonds is 6. The minimum absolute atomic E-state index is 0.0344. The van der Waals surface area contributed by atoms with E-state index in [-0.39, 0.29) is 18.2 Å². The first-order chi connectivity index (χ1) is 12.9.